The lowest BCUT2D eigenvalue weighted by molar-refractivity contribution is 0.422. The van der Waals surface area contributed by atoms with Crippen molar-refractivity contribution in [1.82, 2.24) is 15.1 Å². The quantitative estimate of drug-likeness (QED) is 0.714. The van der Waals surface area contributed by atoms with Gasteiger partial charge in [-0.2, -0.15) is 4.98 Å². The second-order valence-corrected chi connectivity index (χ2v) is 7.22. The first-order valence-corrected chi connectivity index (χ1v) is 8.73. The largest absolute Gasteiger partial charge is 0.332 e. The van der Waals surface area contributed by atoms with E-state index in [2.05, 4.69) is 15.1 Å². The molecule has 2 heterocycles. The van der Waals surface area contributed by atoms with Crippen LogP contribution in [0, 0.1) is 6.92 Å². The Morgan fingerprint density at radius 3 is 2.57 bits per heavy atom. The average molecular weight is 329 g/mol. The van der Waals surface area contributed by atoms with E-state index in [0.29, 0.717) is 16.4 Å². The van der Waals surface area contributed by atoms with Crippen LogP contribution in [0.2, 0.25) is 0 Å². The summed E-state index contributed by atoms with van der Waals surface area (Å²) in [5.41, 5.74) is 1.58. The van der Waals surface area contributed by atoms with Crippen LogP contribution in [0.15, 0.2) is 58.1 Å². The molecule has 0 aliphatic rings. The van der Waals surface area contributed by atoms with E-state index in [1.54, 1.807) is 42.6 Å². The Morgan fingerprint density at radius 2 is 1.87 bits per heavy atom. The van der Waals surface area contributed by atoms with Gasteiger partial charge in [-0.05, 0) is 31.2 Å². The first kappa shape index (κ1) is 15.4. The topological polar surface area (TPSA) is 86.0 Å². The second kappa shape index (κ2) is 6.29. The summed E-state index contributed by atoms with van der Waals surface area (Å²) in [5.74, 6) is 0.562. The van der Waals surface area contributed by atoms with Crippen molar-refractivity contribution in [3.8, 4) is 11.6 Å². The number of aryl methyl sites for hydroxylation is 2. The molecule has 7 heteroatoms. The van der Waals surface area contributed by atoms with Crippen molar-refractivity contribution in [3.05, 3.63) is 60.0 Å². The zero-order chi connectivity index (χ0) is 16.3. The van der Waals surface area contributed by atoms with Crippen molar-refractivity contribution in [2.75, 3.05) is 5.75 Å². The fourth-order valence-corrected chi connectivity index (χ4v) is 3.28. The summed E-state index contributed by atoms with van der Waals surface area (Å²) in [6, 6.07) is 12.1. The minimum atomic E-state index is -3.37. The zero-order valence-electron chi connectivity index (χ0n) is 12.5. The van der Waals surface area contributed by atoms with Crippen LogP contribution in [0.3, 0.4) is 0 Å². The zero-order valence-corrected chi connectivity index (χ0v) is 13.3. The van der Waals surface area contributed by atoms with Gasteiger partial charge in [-0.1, -0.05) is 28.9 Å². The van der Waals surface area contributed by atoms with Crippen LogP contribution in [0.1, 0.15) is 11.4 Å². The van der Waals surface area contributed by atoms with Crippen LogP contribution in [-0.2, 0) is 16.3 Å². The molecule has 2 aromatic heterocycles. The summed E-state index contributed by atoms with van der Waals surface area (Å²) in [5, 5.41) is 3.81. The molecule has 23 heavy (non-hydrogen) atoms. The molecule has 0 saturated heterocycles. The highest BCUT2D eigenvalue weighted by atomic mass is 32.2. The summed E-state index contributed by atoms with van der Waals surface area (Å²) in [7, 11) is -3.37. The minimum absolute atomic E-state index is 0.0722. The summed E-state index contributed by atoms with van der Waals surface area (Å²) in [6.07, 6.45) is 1.81. The van der Waals surface area contributed by atoms with Gasteiger partial charge in [0.2, 0.25) is 0 Å². The van der Waals surface area contributed by atoms with Crippen LogP contribution in [0.4, 0.5) is 0 Å². The third kappa shape index (κ3) is 3.62. The van der Waals surface area contributed by atoms with Crippen molar-refractivity contribution in [2.24, 2.45) is 0 Å². The van der Waals surface area contributed by atoms with Gasteiger partial charge < -0.3 is 4.52 Å². The van der Waals surface area contributed by atoms with Gasteiger partial charge in [0.15, 0.2) is 15.7 Å². The summed E-state index contributed by atoms with van der Waals surface area (Å²) >= 11 is 0. The molecule has 3 aromatic rings. The van der Waals surface area contributed by atoms with E-state index >= 15 is 0 Å². The summed E-state index contributed by atoms with van der Waals surface area (Å²) in [4.78, 5) is 8.60. The van der Waals surface area contributed by atoms with Gasteiger partial charge in [0, 0.05) is 12.6 Å². The van der Waals surface area contributed by atoms with Gasteiger partial charge in [-0.3, -0.25) is 4.98 Å². The fraction of sp³-hybridized carbons (Fsp3) is 0.188. The van der Waals surface area contributed by atoms with Crippen LogP contribution < -0.4 is 0 Å². The number of sulfone groups is 1. The van der Waals surface area contributed by atoms with E-state index in [0.717, 1.165) is 5.56 Å². The highest BCUT2D eigenvalue weighted by Crippen LogP contribution is 2.16. The predicted molar refractivity (Wildman–Crippen MR) is 84.5 cm³/mol. The Bertz CT molecular complexity index is 888. The Morgan fingerprint density at radius 1 is 1.09 bits per heavy atom. The Kier molecular flexibility index (Phi) is 4.20. The molecule has 0 amide bonds. The number of aromatic nitrogens is 3. The van der Waals surface area contributed by atoms with Crippen LogP contribution in [-0.4, -0.2) is 29.3 Å². The van der Waals surface area contributed by atoms with Crippen LogP contribution in [0.25, 0.3) is 11.6 Å². The molecule has 3 rings (SSSR count). The molecule has 118 valence electrons. The molecule has 0 aliphatic heterocycles. The fourth-order valence-electron chi connectivity index (χ4n) is 2.04. The molecule has 1 aromatic carbocycles. The maximum Gasteiger partial charge on any atom is 0.276 e. The Hall–Kier alpha value is -2.54. The molecule has 0 bridgehead atoms. The first-order chi connectivity index (χ1) is 11.0. The Balaban J connectivity index is 1.71. The number of hydrogen-bond donors (Lipinski definition) is 0. The van der Waals surface area contributed by atoms with Crippen molar-refractivity contribution < 1.29 is 12.9 Å². The Labute approximate surface area is 134 Å². The third-order valence-electron chi connectivity index (χ3n) is 3.33. The highest BCUT2D eigenvalue weighted by molar-refractivity contribution is 7.91. The highest BCUT2D eigenvalue weighted by Gasteiger charge is 2.17. The van der Waals surface area contributed by atoms with Crippen LogP contribution >= 0.6 is 0 Å². The molecule has 0 N–H and O–H groups in total. The summed E-state index contributed by atoms with van der Waals surface area (Å²) in [6.45, 7) is 1.91. The lowest BCUT2D eigenvalue weighted by Crippen LogP contribution is -2.10. The number of pyridine rings is 1. The van der Waals surface area contributed by atoms with Crippen molar-refractivity contribution in [1.29, 1.82) is 0 Å². The lowest BCUT2D eigenvalue weighted by atomic mass is 10.2. The van der Waals surface area contributed by atoms with Gasteiger partial charge in [-0.15, -0.1) is 0 Å². The number of benzene rings is 1. The average Bonchev–Trinajstić information content (AvgIpc) is 3.03. The summed E-state index contributed by atoms with van der Waals surface area (Å²) < 4.78 is 29.7. The number of hydrogen-bond acceptors (Lipinski definition) is 6. The van der Waals surface area contributed by atoms with Gasteiger partial charge in [-0.25, -0.2) is 8.42 Å². The van der Waals surface area contributed by atoms with E-state index in [-0.39, 0.29) is 18.1 Å². The molecule has 0 saturated carbocycles. The van der Waals surface area contributed by atoms with E-state index in [9.17, 15) is 8.42 Å². The second-order valence-electron chi connectivity index (χ2n) is 5.11. The molecule has 0 unspecified atom stereocenters. The smallest absolute Gasteiger partial charge is 0.276 e. The standard InChI is InChI=1S/C16H15N3O3S/c1-12-5-7-13(8-6-12)23(20,21)11-9-15-18-16(22-19-15)14-4-2-3-10-17-14/h2-8,10H,9,11H2,1H3. The molecule has 0 fully saturated rings. The van der Waals surface area contributed by atoms with Crippen molar-refractivity contribution in [2.45, 2.75) is 18.2 Å². The third-order valence-corrected chi connectivity index (χ3v) is 5.06. The monoisotopic (exact) mass is 329 g/mol. The number of nitrogens with zero attached hydrogens (tertiary/aromatic N) is 3. The molecular formula is C16H15N3O3S. The SMILES string of the molecule is Cc1ccc(S(=O)(=O)CCc2noc(-c3ccccn3)n2)cc1. The van der Waals surface area contributed by atoms with E-state index in [1.807, 2.05) is 13.0 Å². The van der Waals surface area contributed by atoms with Crippen LogP contribution in [0.5, 0.6) is 0 Å². The van der Waals surface area contributed by atoms with Gasteiger partial charge >= 0.3 is 0 Å². The van der Waals surface area contributed by atoms with Gasteiger partial charge in [0.25, 0.3) is 5.89 Å². The molecule has 0 spiro atoms. The minimum Gasteiger partial charge on any atom is -0.332 e. The van der Waals surface area contributed by atoms with E-state index in [4.69, 9.17) is 4.52 Å². The first-order valence-electron chi connectivity index (χ1n) is 7.08. The van der Waals surface area contributed by atoms with E-state index in [1.165, 1.54) is 0 Å². The molecule has 6 nitrogen and oxygen atoms in total. The lowest BCUT2D eigenvalue weighted by Gasteiger charge is -2.03. The normalized spacial score (nSPS) is 11.5. The predicted octanol–water partition coefficient (Wildman–Crippen LogP) is 2.46. The molecule has 0 aliphatic carbocycles. The van der Waals surface area contributed by atoms with Gasteiger partial charge in [0.05, 0.1) is 10.6 Å². The molecule has 0 radical (unpaired) electrons. The van der Waals surface area contributed by atoms with E-state index < -0.39 is 9.84 Å². The van der Waals surface area contributed by atoms with Gasteiger partial charge in [0.1, 0.15) is 5.69 Å². The molecular weight excluding hydrogens is 314 g/mol. The maximum atomic E-state index is 12.3. The van der Waals surface area contributed by atoms with Crippen molar-refractivity contribution in [3.63, 3.8) is 0 Å². The molecule has 0 atom stereocenters. The van der Waals surface area contributed by atoms with Crippen molar-refractivity contribution >= 4 is 9.84 Å². The maximum absolute atomic E-state index is 12.3. The number of rotatable bonds is 5.